The maximum Gasteiger partial charge on any atom is 0.325 e. The van der Waals surface area contributed by atoms with Gasteiger partial charge in [-0.05, 0) is 41.0 Å². The van der Waals surface area contributed by atoms with E-state index in [9.17, 15) is 9.59 Å². The molecule has 29 heavy (non-hydrogen) atoms. The summed E-state index contributed by atoms with van der Waals surface area (Å²) in [5.41, 5.74) is -0.475. The van der Waals surface area contributed by atoms with Gasteiger partial charge < -0.3 is 9.64 Å². The highest BCUT2D eigenvalue weighted by molar-refractivity contribution is 5.96. The van der Waals surface area contributed by atoms with Crippen LogP contribution in [0, 0.1) is 5.41 Å². The van der Waals surface area contributed by atoms with E-state index in [1.54, 1.807) is 18.7 Å². The number of hydrogen-bond donors (Lipinski definition) is 2. The fourth-order valence-electron chi connectivity index (χ4n) is 3.12. The van der Waals surface area contributed by atoms with Gasteiger partial charge in [-0.25, -0.2) is 0 Å². The van der Waals surface area contributed by atoms with E-state index >= 15 is 0 Å². The molecule has 0 aliphatic carbocycles. The van der Waals surface area contributed by atoms with Crippen LogP contribution in [0.15, 0.2) is 0 Å². The fraction of sp³-hybridized carbons (Fsp3) is 0.870. The molecule has 0 aliphatic heterocycles. The van der Waals surface area contributed by atoms with E-state index in [4.69, 9.17) is 10.1 Å². The summed E-state index contributed by atoms with van der Waals surface area (Å²) in [4.78, 5) is 25.8. The summed E-state index contributed by atoms with van der Waals surface area (Å²) >= 11 is 0. The van der Waals surface area contributed by atoms with Crippen LogP contribution in [0.1, 0.15) is 112 Å². The van der Waals surface area contributed by atoms with Crippen LogP contribution < -0.4 is 5.32 Å². The number of nitrogens with one attached hydrogen (secondary N) is 2. The average molecular weight is 412 g/mol. The number of hydrogen-bond acceptors (Lipinski definition) is 4. The van der Waals surface area contributed by atoms with Gasteiger partial charge in [-0.15, -0.1) is 0 Å². The zero-order valence-electron chi connectivity index (χ0n) is 19.7. The van der Waals surface area contributed by atoms with E-state index in [0.29, 0.717) is 6.42 Å². The van der Waals surface area contributed by atoms with E-state index < -0.39 is 11.5 Å². The summed E-state index contributed by atoms with van der Waals surface area (Å²) in [7, 11) is 0. The summed E-state index contributed by atoms with van der Waals surface area (Å²) in [6, 6.07) is 0. The normalized spacial score (nSPS) is 11.4. The highest BCUT2D eigenvalue weighted by atomic mass is 16.5. The molecule has 0 rings (SSSR count). The third-order valence-electron chi connectivity index (χ3n) is 4.75. The molecule has 0 spiro atoms. The minimum atomic E-state index is -0.475. The lowest BCUT2D eigenvalue weighted by Gasteiger charge is -2.36. The Morgan fingerprint density at radius 2 is 1.41 bits per heavy atom. The summed E-state index contributed by atoms with van der Waals surface area (Å²) in [5, 5.41) is 10.9. The maximum atomic E-state index is 12.2. The van der Waals surface area contributed by atoms with E-state index in [2.05, 4.69) is 12.2 Å². The van der Waals surface area contributed by atoms with Gasteiger partial charge in [-0.1, -0.05) is 64.7 Å². The van der Waals surface area contributed by atoms with Crippen LogP contribution in [0.2, 0.25) is 0 Å². The number of carbonyl (C=O) groups is 2. The van der Waals surface area contributed by atoms with Crippen molar-refractivity contribution >= 4 is 17.8 Å². The average Bonchev–Trinajstić information content (AvgIpc) is 2.59. The molecule has 0 radical (unpaired) electrons. The first kappa shape index (κ1) is 27.4. The van der Waals surface area contributed by atoms with E-state index in [1.807, 2.05) is 20.8 Å². The number of unbranched alkanes of at least 4 members (excludes halogenated alkanes) is 9. The number of ether oxygens (including phenoxy) is 1. The highest BCUT2D eigenvalue weighted by Crippen LogP contribution is 2.14. The quantitative estimate of drug-likeness (QED) is 0.173. The van der Waals surface area contributed by atoms with Gasteiger partial charge in [0, 0.05) is 12.0 Å². The van der Waals surface area contributed by atoms with Crippen LogP contribution in [0.4, 0.5) is 0 Å². The third-order valence-corrected chi connectivity index (χ3v) is 4.75. The minimum Gasteiger partial charge on any atom is -0.462 e. The van der Waals surface area contributed by atoms with Gasteiger partial charge in [0.25, 0.3) is 0 Å². The molecule has 2 N–H and O–H groups in total. The molecule has 0 heterocycles. The molecule has 6 nitrogen and oxygen atoms in total. The Balaban J connectivity index is 4.12. The predicted molar refractivity (Wildman–Crippen MR) is 120 cm³/mol. The number of carbonyl (C=O) groups excluding carboxylic acids is 2. The first-order chi connectivity index (χ1) is 13.6. The predicted octanol–water partition coefficient (Wildman–Crippen LogP) is 5.40. The topological polar surface area (TPSA) is 82.5 Å². The molecule has 0 atom stereocenters. The lowest BCUT2D eigenvalue weighted by Crippen LogP contribution is -2.54. The van der Waals surface area contributed by atoms with Gasteiger partial charge in [0.05, 0.1) is 6.10 Å². The lowest BCUT2D eigenvalue weighted by molar-refractivity contribution is -0.148. The third kappa shape index (κ3) is 15.0. The van der Waals surface area contributed by atoms with Crippen molar-refractivity contribution in [3.63, 3.8) is 0 Å². The Labute approximate surface area is 178 Å². The number of guanidine groups is 1. The van der Waals surface area contributed by atoms with Gasteiger partial charge >= 0.3 is 5.97 Å². The molecule has 0 fully saturated rings. The smallest absolute Gasteiger partial charge is 0.325 e. The number of rotatable bonds is 14. The molecule has 0 aliphatic rings. The van der Waals surface area contributed by atoms with Gasteiger partial charge in [-0.3, -0.25) is 20.3 Å². The van der Waals surface area contributed by atoms with Crippen molar-refractivity contribution in [1.29, 1.82) is 5.41 Å². The van der Waals surface area contributed by atoms with Gasteiger partial charge in [0.2, 0.25) is 5.91 Å². The van der Waals surface area contributed by atoms with Crippen LogP contribution in [0.25, 0.3) is 0 Å². The second-order valence-corrected chi connectivity index (χ2v) is 9.12. The SMILES string of the molecule is CCCCCCCCCCCCC(=O)NC(=N)N(CC(=O)OC(C)C)C(C)(C)C. The maximum absolute atomic E-state index is 12.2. The van der Waals surface area contributed by atoms with Crippen molar-refractivity contribution in [1.82, 2.24) is 10.2 Å². The van der Waals surface area contributed by atoms with E-state index in [1.165, 1.54) is 44.9 Å². The molecule has 1 amide bonds. The molecular formula is C23H45N3O3. The molecule has 6 heteroatoms. The van der Waals surface area contributed by atoms with Crippen molar-refractivity contribution in [2.24, 2.45) is 0 Å². The van der Waals surface area contributed by atoms with Crippen molar-refractivity contribution in [2.75, 3.05) is 6.54 Å². The van der Waals surface area contributed by atoms with Crippen molar-refractivity contribution < 1.29 is 14.3 Å². The first-order valence-corrected chi connectivity index (χ1v) is 11.4. The number of esters is 1. The molecule has 170 valence electrons. The standard InChI is InChI=1S/C23H45N3O3/c1-7-8-9-10-11-12-13-14-15-16-17-20(27)25-22(24)26(23(4,5)6)18-21(28)29-19(2)3/h19H,7-18H2,1-6H3,(H2,24,25,27). The minimum absolute atomic E-state index is 0.0460. The summed E-state index contributed by atoms with van der Waals surface area (Å²) in [5.74, 6) is -0.611. The van der Waals surface area contributed by atoms with Gasteiger partial charge in [0.15, 0.2) is 5.96 Å². The van der Waals surface area contributed by atoms with Crippen LogP contribution in [0.3, 0.4) is 0 Å². The highest BCUT2D eigenvalue weighted by Gasteiger charge is 2.28. The molecule has 0 aromatic carbocycles. The van der Waals surface area contributed by atoms with Crippen LogP contribution in [0.5, 0.6) is 0 Å². The Bertz CT molecular complexity index is 484. The Kier molecular flexibility index (Phi) is 14.4. The fourth-order valence-corrected chi connectivity index (χ4v) is 3.12. The first-order valence-electron chi connectivity index (χ1n) is 11.4. The summed E-state index contributed by atoms with van der Waals surface area (Å²) in [6.45, 7) is 11.5. The molecule has 0 aromatic heterocycles. The molecule has 0 unspecified atom stereocenters. The van der Waals surface area contributed by atoms with E-state index in [-0.39, 0.29) is 24.5 Å². The van der Waals surface area contributed by atoms with E-state index in [0.717, 1.165) is 19.3 Å². The zero-order chi connectivity index (χ0) is 22.3. The monoisotopic (exact) mass is 411 g/mol. The molecule has 0 aromatic rings. The molecule has 0 saturated heterocycles. The van der Waals surface area contributed by atoms with Crippen LogP contribution >= 0.6 is 0 Å². The Morgan fingerprint density at radius 1 is 0.931 bits per heavy atom. The second kappa shape index (κ2) is 15.3. The summed E-state index contributed by atoms with van der Waals surface area (Å²) in [6.07, 6.45) is 12.4. The Morgan fingerprint density at radius 3 is 1.86 bits per heavy atom. The molecule has 0 bridgehead atoms. The van der Waals surface area contributed by atoms with Crippen LogP contribution in [-0.2, 0) is 14.3 Å². The van der Waals surface area contributed by atoms with Gasteiger partial charge in [0.1, 0.15) is 6.54 Å². The largest absolute Gasteiger partial charge is 0.462 e. The van der Waals surface area contributed by atoms with Crippen molar-refractivity contribution in [3.05, 3.63) is 0 Å². The lowest BCUT2D eigenvalue weighted by atomic mass is 10.1. The number of amides is 1. The molecule has 0 saturated carbocycles. The Hall–Kier alpha value is -1.59. The summed E-state index contributed by atoms with van der Waals surface area (Å²) < 4.78 is 5.18. The number of nitrogens with zero attached hydrogens (tertiary/aromatic N) is 1. The van der Waals surface area contributed by atoms with Gasteiger partial charge in [-0.2, -0.15) is 0 Å². The molecular weight excluding hydrogens is 366 g/mol. The van der Waals surface area contributed by atoms with Crippen molar-refractivity contribution in [2.45, 2.75) is 124 Å². The van der Waals surface area contributed by atoms with Crippen LogP contribution in [-0.4, -0.2) is 40.9 Å². The second-order valence-electron chi connectivity index (χ2n) is 9.12. The zero-order valence-corrected chi connectivity index (χ0v) is 19.7. The van der Waals surface area contributed by atoms with Crippen molar-refractivity contribution in [3.8, 4) is 0 Å².